The standard InChI is InChI=1S/C8H10N6S/c1-5-2-6(9)13-7(12-5)3-15-8-10-4-11-14-8/h2,4H,3H2,1H3,(H2,9,12,13)(H,10,11,14). The fourth-order valence-corrected chi connectivity index (χ4v) is 1.75. The number of anilines is 1. The number of aryl methyl sites for hydroxylation is 1. The molecule has 0 aliphatic rings. The lowest BCUT2D eigenvalue weighted by atomic mass is 10.4. The fourth-order valence-electron chi connectivity index (χ4n) is 1.12. The predicted molar refractivity (Wildman–Crippen MR) is 57.1 cm³/mol. The second-order valence-corrected chi connectivity index (χ2v) is 3.89. The Morgan fingerprint density at radius 2 is 2.33 bits per heavy atom. The highest BCUT2D eigenvalue weighted by molar-refractivity contribution is 7.98. The fraction of sp³-hybridized carbons (Fsp3) is 0.250. The van der Waals surface area contributed by atoms with Gasteiger partial charge in [-0.05, 0) is 6.92 Å². The lowest BCUT2D eigenvalue weighted by molar-refractivity contribution is 0.960. The van der Waals surface area contributed by atoms with E-state index in [9.17, 15) is 0 Å². The van der Waals surface area contributed by atoms with Gasteiger partial charge in [0.05, 0.1) is 5.75 Å². The molecule has 2 rings (SSSR count). The lowest BCUT2D eigenvalue weighted by Gasteiger charge is -2.00. The quantitative estimate of drug-likeness (QED) is 0.745. The van der Waals surface area contributed by atoms with Crippen LogP contribution in [0.2, 0.25) is 0 Å². The number of hydrogen-bond donors (Lipinski definition) is 2. The lowest BCUT2D eigenvalue weighted by Crippen LogP contribution is -1.99. The Hall–Kier alpha value is -1.63. The van der Waals surface area contributed by atoms with Gasteiger partial charge in [-0.3, -0.25) is 5.10 Å². The van der Waals surface area contributed by atoms with Gasteiger partial charge in [0.25, 0.3) is 0 Å². The Balaban J connectivity index is 2.05. The predicted octanol–water partition coefficient (Wildman–Crippen LogP) is 0.778. The molecule has 7 heteroatoms. The summed E-state index contributed by atoms with van der Waals surface area (Å²) in [4.78, 5) is 12.4. The third-order valence-corrected chi connectivity index (χ3v) is 2.52. The zero-order valence-corrected chi connectivity index (χ0v) is 8.95. The summed E-state index contributed by atoms with van der Waals surface area (Å²) >= 11 is 1.49. The number of thioether (sulfide) groups is 1. The molecular formula is C8H10N6S. The summed E-state index contributed by atoms with van der Waals surface area (Å²) < 4.78 is 0. The van der Waals surface area contributed by atoms with Crippen LogP contribution in [0.4, 0.5) is 5.82 Å². The summed E-state index contributed by atoms with van der Waals surface area (Å²) in [5.74, 6) is 1.82. The van der Waals surface area contributed by atoms with Gasteiger partial charge >= 0.3 is 0 Å². The average Bonchev–Trinajstić information content (AvgIpc) is 2.65. The van der Waals surface area contributed by atoms with Gasteiger partial charge in [-0.1, -0.05) is 11.8 Å². The zero-order chi connectivity index (χ0) is 10.7. The molecule has 2 aromatic rings. The Labute approximate surface area is 90.7 Å². The minimum absolute atomic E-state index is 0.496. The first-order chi connectivity index (χ1) is 7.24. The van der Waals surface area contributed by atoms with E-state index in [0.29, 0.717) is 17.4 Å². The second kappa shape index (κ2) is 4.26. The van der Waals surface area contributed by atoms with Crippen LogP contribution in [0, 0.1) is 6.92 Å². The number of aromatic amines is 1. The highest BCUT2D eigenvalue weighted by atomic mass is 32.2. The third kappa shape index (κ3) is 2.66. The van der Waals surface area contributed by atoms with Crippen LogP contribution >= 0.6 is 11.8 Å². The molecule has 0 bridgehead atoms. The zero-order valence-electron chi connectivity index (χ0n) is 8.14. The van der Waals surface area contributed by atoms with E-state index < -0.39 is 0 Å². The van der Waals surface area contributed by atoms with Crippen molar-refractivity contribution in [2.24, 2.45) is 0 Å². The normalized spacial score (nSPS) is 10.5. The van der Waals surface area contributed by atoms with Gasteiger partial charge in [-0.2, -0.15) is 5.10 Å². The molecule has 0 spiro atoms. The van der Waals surface area contributed by atoms with Crippen LogP contribution in [-0.4, -0.2) is 25.1 Å². The highest BCUT2D eigenvalue weighted by Gasteiger charge is 2.02. The SMILES string of the molecule is Cc1cc(N)nc(CSc2ncn[nH]2)n1. The molecule has 0 saturated heterocycles. The van der Waals surface area contributed by atoms with E-state index in [-0.39, 0.29) is 0 Å². The maximum Gasteiger partial charge on any atom is 0.183 e. The van der Waals surface area contributed by atoms with Crippen LogP contribution in [0.1, 0.15) is 11.5 Å². The van der Waals surface area contributed by atoms with Crippen molar-refractivity contribution in [1.29, 1.82) is 0 Å². The van der Waals surface area contributed by atoms with E-state index in [2.05, 4.69) is 25.1 Å². The van der Waals surface area contributed by atoms with Gasteiger partial charge in [0.2, 0.25) is 0 Å². The van der Waals surface area contributed by atoms with Crippen molar-refractivity contribution in [1.82, 2.24) is 25.1 Å². The van der Waals surface area contributed by atoms with Gasteiger partial charge < -0.3 is 5.73 Å². The molecule has 2 aromatic heterocycles. The summed E-state index contributed by atoms with van der Waals surface area (Å²) in [7, 11) is 0. The number of aromatic nitrogens is 5. The Morgan fingerprint density at radius 1 is 1.47 bits per heavy atom. The van der Waals surface area contributed by atoms with Crippen LogP contribution in [0.15, 0.2) is 17.6 Å². The van der Waals surface area contributed by atoms with Crippen molar-refractivity contribution in [2.75, 3.05) is 5.73 Å². The Bertz CT molecular complexity index is 420. The molecule has 0 aliphatic heterocycles. The number of nitrogens with one attached hydrogen (secondary N) is 1. The van der Waals surface area contributed by atoms with Crippen LogP contribution in [0.3, 0.4) is 0 Å². The van der Waals surface area contributed by atoms with E-state index in [0.717, 1.165) is 10.9 Å². The van der Waals surface area contributed by atoms with Crippen molar-refractivity contribution < 1.29 is 0 Å². The first-order valence-corrected chi connectivity index (χ1v) is 5.31. The van der Waals surface area contributed by atoms with Gasteiger partial charge in [0.15, 0.2) is 5.16 Å². The van der Waals surface area contributed by atoms with E-state index in [4.69, 9.17) is 5.73 Å². The molecule has 0 aliphatic carbocycles. The van der Waals surface area contributed by atoms with Crippen LogP contribution < -0.4 is 5.73 Å². The second-order valence-electron chi connectivity index (χ2n) is 2.93. The number of rotatable bonds is 3. The largest absolute Gasteiger partial charge is 0.384 e. The topological polar surface area (TPSA) is 93.4 Å². The number of nitrogen functional groups attached to an aromatic ring is 1. The van der Waals surface area contributed by atoms with Gasteiger partial charge in [0, 0.05) is 11.8 Å². The molecule has 0 unspecified atom stereocenters. The van der Waals surface area contributed by atoms with E-state index >= 15 is 0 Å². The van der Waals surface area contributed by atoms with Gasteiger partial charge in [0.1, 0.15) is 18.0 Å². The van der Waals surface area contributed by atoms with E-state index in [1.54, 1.807) is 6.07 Å². The molecule has 2 heterocycles. The molecule has 0 saturated carbocycles. The van der Waals surface area contributed by atoms with Crippen molar-refractivity contribution >= 4 is 17.6 Å². The molecule has 78 valence electrons. The van der Waals surface area contributed by atoms with Crippen LogP contribution in [-0.2, 0) is 5.75 Å². The first kappa shape index (κ1) is 9.91. The Morgan fingerprint density at radius 3 is 3.00 bits per heavy atom. The maximum absolute atomic E-state index is 5.61. The molecule has 0 fully saturated rings. The highest BCUT2D eigenvalue weighted by Crippen LogP contribution is 2.16. The molecule has 6 nitrogen and oxygen atoms in total. The number of nitrogens with two attached hydrogens (primary N) is 1. The monoisotopic (exact) mass is 222 g/mol. The van der Waals surface area contributed by atoms with Crippen molar-refractivity contribution in [3.8, 4) is 0 Å². The molecule has 0 aromatic carbocycles. The van der Waals surface area contributed by atoms with E-state index in [1.165, 1.54) is 18.1 Å². The molecule has 0 atom stereocenters. The summed E-state index contributed by atoms with van der Waals surface area (Å²) in [5, 5.41) is 7.25. The molecule has 3 N–H and O–H groups in total. The smallest absolute Gasteiger partial charge is 0.183 e. The minimum atomic E-state index is 0.496. The molecule has 0 radical (unpaired) electrons. The number of hydrogen-bond acceptors (Lipinski definition) is 6. The molecule has 15 heavy (non-hydrogen) atoms. The van der Waals surface area contributed by atoms with Gasteiger partial charge in [-0.15, -0.1) is 0 Å². The number of H-pyrrole nitrogens is 1. The van der Waals surface area contributed by atoms with Gasteiger partial charge in [-0.25, -0.2) is 15.0 Å². The summed E-state index contributed by atoms with van der Waals surface area (Å²) in [6, 6.07) is 1.74. The molecular weight excluding hydrogens is 212 g/mol. The summed E-state index contributed by atoms with van der Waals surface area (Å²) in [5.41, 5.74) is 6.48. The summed E-state index contributed by atoms with van der Waals surface area (Å²) in [6.45, 7) is 1.89. The van der Waals surface area contributed by atoms with Crippen molar-refractivity contribution in [2.45, 2.75) is 17.8 Å². The third-order valence-electron chi connectivity index (χ3n) is 1.65. The van der Waals surface area contributed by atoms with Crippen LogP contribution in [0.5, 0.6) is 0 Å². The van der Waals surface area contributed by atoms with E-state index in [1.807, 2.05) is 6.92 Å². The summed E-state index contributed by atoms with van der Waals surface area (Å²) in [6.07, 6.45) is 1.47. The number of nitrogens with zero attached hydrogens (tertiary/aromatic N) is 4. The average molecular weight is 222 g/mol. The first-order valence-electron chi connectivity index (χ1n) is 4.32. The Kier molecular flexibility index (Phi) is 2.82. The minimum Gasteiger partial charge on any atom is -0.384 e. The van der Waals surface area contributed by atoms with Crippen molar-refractivity contribution in [3.63, 3.8) is 0 Å². The van der Waals surface area contributed by atoms with Crippen LogP contribution in [0.25, 0.3) is 0 Å². The maximum atomic E-state index is 5.61. The van der Waals surface area contributed by atoms with Crippen molar-refractivity contribution in [3.05, 3.63) is 23.9 Å². The molecule has 0 amide bonds.